The Balaban J connectivity index is 2.42. The summed E-state index contributed by atoms with van der Waals surface area (Å²) in [6, 6.07) is 10.3. The molecule has 0 aliphatic carbocycles. The van der Waals surface area contributed by atoms with Gasteiger partial charge in [-0.3, -0.25) is 0 Å². The van der Waals surface area contributed by atoms with Crippen molar-refractivity contribution < 1.29 is 14.6 Å². The Labute approximate surface area is 135 Å². The molecule has 0 fully saturated rings. The van der Waals surface area contributed by atoms with Crippen molar-refractivity contribution in [2.75, 3.05) is 5.01 Å². The van der Waals surface area contributed by atoms with Gasteiger partial charge in [-0.15, -0.1) is 0 Å². The van der Waals surface area contributed by atoms with E-state index in [0.717, 1.165) is 15.2 Å². The number of nitrogens with zero attached hydrogens (tertiary/aromatic N) is 2. The second kappa shape index (κ2) is 5.92. The van der Waals surface area contributed by atoms with Gasteiger partial charge in [0.25, 0.3) is 0 Å². The number of benzene rings is 2. The number of amides is 1. The lowest BCUT2D eigenvalue weighted by Gasteiger charge is -2.21. The fraction of sp³-hybridized carbons (Fsp3) is 0.267. The van der Waals surface area contributed by atoms with Gasteiger partial charge in [0.1, 0.15) is 11.3 Å². The maximum absolute atomic E-state index is 12.0. The Kier molecular flexibility index (Phi) is 4.37. The minimum atomic E-state index is -1.02. The Hall–Kier alpha value is -2.15. The zero-order valence-electron chi connectivity index (χ0n) is 12.4. The van der Waals surface area contributed by atoms with E-state index < -0.39 is 16.7 Å². The lowest BCUT2D eigenvalue weighted by molar-refractivity contribution is -0.484. The van der Waals surface area contributed by atoms with Gasteiger partial charge in [-0.1, -0.05) is 28.1 Å². The number of hydrazine groups is 1. The second-order valence-electron chi connectivity index (χ2n) is 5.71. The summed E-state index contributed by atoms with van der Waals surface area (Å²) in [5.41, 5.74) is -0.665. The van der Waals surface area contributed by atoms with Gasteiger partial charge in [-0.05, 0) is 55.8 Å². The van der Waals surface area contributed by atoms with Gasteiger partial charge in [0.05, 0.1) is 0 Å². The van der Waals surface area contributed by atoms with Gasteiger partial charge in [-0.25, -0.2) is 14.9 Å². The first-order valence-electron chi connectivity index (χ1n) is 6.54. The molecule has 0 heterocycles. The van der Waals surface area contributed by atoms with Crippen LogP contribution in [-0.2, 0) is 4.74 Å². The summed E-state index contributed by atoms with van der Waals surface area (Å²) in [6.07, 6.45) is -1.02. The molecule has 22 heavy (non-hydrogen) atoms. The molecule has 0 unspecified atom stereocenters. The van der Waals surface area contributed by atoms with Crippen molar-refractivity contribution in [3.8, 4) is 0 Å². The number of rotatable bonds is 2. The summed E-state index contributed by atoms with van der Waals surface area (Å²) in [5, 5.41) is 12.6. The Morgan fingerprint density at radius 3 is 2.36 bits per heavy atom. The minimum Gasteiger partial charge on any atom is -0.440 e. The van der Waals surface area contributed by atoms with E-state index in [1.807, 2.05) is 18.2 Å². The first kappa shape index (κ1) is 16.2. The fourth-order valence-corrected chi connectivity index (χ4v) is 2.29. The van der Waals surface area contributed by atoms with Gasteiger partial charge >= 0.3 is 6.09 Å². The van der Waals surface area contributed by atoms with Crippen LogP contribution in [-0.4, -0.2) is 16.7 Å². The van der Waals surface area contributed by atoms with Crippen LogP contribution in [0.3, 0.4) is 0 Å². The molecule has 0 atom stereocenters. The van der Waals surface area contributed by atoms with Crippen LogP contribution in [0.5, 0.6) is 0 Å². The highest BCUT2D eigenvalue weighted by Crippen LogP contribution is 2.26. The Morgan fingerprint density at radius 2 is 1.77 bits per heavy atom. The van der Waals surface area contributed by atoms with Gasteiger partial charge in [0, 0.05) is 9.48 Å². The quantitative estimate of drug-likeness (QED) is 0.577. The van der Waals surface area contributed by atoms with E-state index in [1.54, 1.807) is 32.9 Å². The smallest absolute Gasteiger partial charge is 0.440 e. The third kappa shape index (κ3) is 3.73. The first-order valence-corrected chi connectivity index (χ1v) is 7.33. The van der Waals surface area contributed by atoms with Crippen LogP contribution in [0, 0.1) is 10.1 Å². The number of hydrogen-bond acceptors (Lipinski definition) is 4. The van der Waals surface area contributed by atoms with Gasteiger partial charge in [-0.2, -0.15) is 0 Å². The van der Waals surface area contributed by atoms with Crippen LogP contribution in [0.1, 0.15) is 20.8 Å². The summed E-state index contributed by atoms with van der Waals surface area (Å²) < 4.78 is 5.99. The fourth-order valence-electron chi connectivity index (χ4n) is 1.91. The molecule has 116 valence electrons. The third-order valence-electron chi connectivity index (χ3n) is 2.76. The van der Waals surface area contributed by atoms with Gasteiger partial charge < -0.3 is 4.74 Å². The highest BCUT2D eigenvalue weighted by atomic mass is 79.9. The van der Waals surface area contributed by atoms with E-state index in [1.165, 1.54) is 6.07 Å². The van der Waals surface area contributed by atoms with Crippen molar-refractivity contribution in [2.45, 2.75) is 26.4 Å². The van der Waals surface area contributed by atoms with Crippen LogP contribution < -0.4 is 5.01 Å². The number of nitro groups is 1. The number of anilines is 1. The zero-order valence-corrected chi connectivity index (χ0v) is 14.0. The largest absolute Gasteiger partial charge is 0.473 e. The average molecular weight is 367 g/mol. The van der Waals surface area contributed by atoms with Crippen LogP contribution in [0.4, 0.5) is 10.5 Å². The van der Waals surface area contributed by atoms with E-state index in [2.05, 4.69) is 15.9 Å². The average Bonchev–Trinajstić information content (AvgIpc) is 2.36. The van der Waals surface area contributed by atoms with Gasteiger partial charge in [0.2, 0.25) is 0 Å². The molecule has 1 amide bonds. The molecule has 2 aromatic carbocycles. The molecule has 0 saturated heterocycles. The number of carbonyl (C=O) groups is 1. The highest BCUT2D eigenvalue weighted by Gasteiger charge is 2.32. The molecule has 0 N–H and O–H groups in total. The molecule has 0 aromatic heterocycles. The van der Waals surface area contributed by atoms with Crippen LogP contribution in [0.2, 0.25) is 0 Å². The van der Waals surface area contributed by atoms with Crippen molar-refractivity contribution >= 4 is 38.5 Å². The van der Waals surface area contributed by atoms with Crippen molar-refractivity contribution in [3.63, 3.8) is 0 Å². The molecule has 6 nitrogen and oxygen atoms in total. The summed E-state index contributed by atoms with van der Waals surface area (Å²) in [6.45, 7) is 4.96. The summed E-state index contributed by atoms with van der Waals surface area (Å²) in [5.74, 6) is 0. The van der Waals surface area contributed by atoms with E-state index in [9.17, 15) is 14.9 Å². The summed E-state index contributed by atoms with van der Waals surface area (Å²) >= 11 is 3.37. The minimum absolute atomic E-state index is 0.147. The zero-order chi connectivity index (χ0) is 16.5. The molecule has 0 aliphatic rings. The molecule has 0 bridgehead atoms. The number of hydrogen-bond donors (Lipinski definition) is 0. The molecule has 0 saturated carbocycles. The molecule has 7 heteroatoms. The second-order valence-corrected chi connectivity index (χ2v) is 6.62. The molecule has 0 radical (unpaired) electrons. The summed E-state index contributed by atoms with van der Waals surface area (Å²) in [7, 11) is 0. The van der Waals surface area contributed by atoms with Crippen LogP contribution in [0.25, 0.3) is 10.8 Å². The van der Waals surface area contributed by atoms with Crippen LogP contribution in [0.15, 0.2) is 40.9 Å². The van der Waals surface area contributed by atoms with E-state index in [0.29, 0.717) is 5.01 Å². The Bertz CT molecular complexity index is 740. The van der Waals surface area contributed by atoms with E-state index in [-0.39, 0.29) is 5.69 Å². The summed E-state index contributed by atoms with van der Waals surface area (Å²) in [4.78, 5) is 23.3. The normalized spacial score (nSPS) is 11.3. The topological polar surface area (TPSA) is 72.7 Å². The molecular weight excluding hydrogens is 352 g/mol. The molecule has 2 aromatic rings. The SMILES string of the molecule is CC(C)(C)OC(=O)N(c1ccc2cc(Br)ccc2c1)[N+](=O)[O-]. The van der Waals surface area contributed by atoms with Gasteiger partial charge in [0.15, 0.2) is 5.03 Å². The first-order chi connectivity index (χ1) is 10.2. The number of carbonyl (C=O) groups excluding carboxylic acids is 1. The van der Waals surface area contributed by atoms with Crippen molar-refractivity contribution in [1.29, 1.82) is 0 Å². The third-order valence-corrected chi connectivity index (χ3v) is 3.25. The predicted molar refractivity (Wildman–Crippen MR) is 87.4 cm³/mol. The number of ether oxygens (including phenoxy) is 1. The standard InChI is InChI=1S/C15H15BrN2O4/c1-15(2,3)22-14(19)17(18(20)21)13-7-5-10-8-12(16)6-4-11(10)9-13/h4-9H,1-3H3. The number of fused-ring (bicyclic) bond motifs is 1. The molecular formula is C15H15BrN2O4. The van der Waals surface area contributed by atoms with Crippen molar-refractivity contribution in [2.24, 2.45) is 0 Å². The highest BCUT2D eigenvalue weighted by molar-refractivity contribution is 9.10. The van der Waals surface area contributed by atoms with E-state index >= 15 is 0 Å². The maximum atomic E-state index is 12.0. The van der Waals surface area contributed by atoms with Crippen molar-refractivity contribution in [3.05, 3.63) is 51.0 Å². The lowest BCUT2D eigenvalue weighted by Crippen LogP contribution is -2.40. The van der Waals surface area contributed by atoms with E-state index in [4.69, 9.17) is 4.74 Å². The van der Waals surface area contributed by atoms with Crippen LogP contribution >= 0.6 is 15.9 Å². The predicted octanol–water partition coefficient (Wildman–Crippen LogP) is 4.54. The number of halogens is 1. The monoisotopic (exact) mass is 366 g/mol. The van der Waals surface area contributed by atoms with Crippen molar-refractivity contribution in [1.82, 2.24) is 0 Å². The molecule has 2 rings (SSSR count). The molecule has 0 spiro atoms. The lowest BCUT2D eigenvalue weighted by atomic mass is 10.1. The Morgan fingerprint density at radius 1 is 1.18 bits per heavy atom. The maximum Gasteiger partial charge on any atom is 0.473 e. The molecule has 0 aliphatic heterocycles.